The predicted molar refractivity (Wildman–Crippen MR) is 98.3 cm³/mol. The molecule has 1 atom stereocenters. The molecular weight excluding hydrogens is 334 g/mol. The number of carbonyl (C=O) groups excluding carboxylic acids is 1. The third-order valence-electron chi connectivity index (χ3n) is 4.54. The maximum Gasteiger partial charge on any atom is 0.230 e. The van der Waals surface area contributed by atoms with E-state index in [0.717, 1.165) is 36.4 Å². The average Bonchev–Trinajstić information content (AvgIpc) is 2.66. The van der Waals surface area contributed by atoms with Crippen LogP contribution in [0.15, 0.2) is 53.9 Å². The largest absolute Gasteiger partial charge is 0.395 e. The van der Waals surface area contributed by atoms with Crippen molar-refractivity contribution in [2.45, 2.75) is 48.0 Å². The van der Waals surface area contributed by atoms with Crippen molar-refractivity contribution < 1.29 is 9.90 Å². The molecule has 0 aliphatic heterocycles. The second-order valence-electron chi connectivity index (χ2n) is 6.28. The first-order chi connectivity index (χ1) is 12.3. The maximum absolute atomic E-state index is 12.5. The van der Waals surface area contributed by atoms with Crippen LogP contribution in [0.25, 0.3) is 0 Å². The Hall–Kier alpha value is -1.92. The summed E-state index contributed by atoms with van der Waals surface area (Å²) in [5, 5.41) is 14.0. The van der Waals surface area contributed by atoms with Gasteiger partial charge in [0.15, 0.2) is 5.16 Å². The summed E-state index contributed by atoms with van der Waals surface area (Å²) in [6.07, 6.45) is 7.48. The van der Waals surface area contributed by atoms with E-state index >= 15 is 0 Å². The number of benzene rings is 1. The molecule has 1 aliphatic carbocycles. The zero-order valence-electron chi connectivity index (χ0n) is 14.0. The van der Waals surface area contributed by atoms with Crippen LogP contribution in [0.2, 0.25) is 0 Å². The monoisotopic (exact) mass is 357 g/mol. The summed E-state index contributed by atoms with van der Waals surface area (Å²) in [5.74, 6) is -0.581. The topological polar surface area (TPSA) is 75.1 Å². The van der Waals surface area contributed by atoms with Crippen molar-refractivity contribution in [1.29, 1.82) is 0 Å². The summed E-state index contributed by atoms with van der Waals surface area (Å²) in [7, 11) is 0. The second kappa shape index (κ2) is 8.97. The Kier molecular flexibility index (Phi) is 6.42. The third-order valence-corrected chi connectivity index (χ3v) is 5.76. The van der Waals surface area contributed by atoms with Gasteiger partial charge in [-0.3, -0.25) is 4.79 Å². The van der Waals surface area contributed by atoms with Crippen molar-refractivity contribution >= 4 is 17.7 Å². The minimum absolute atomic E-state index is 0.0869. The molecule has 1 aromatic carbocycles. The lowest BCUT2D eigenvalue weighted by atomic mass is 9.93. The van der Waals surface area contributed by atoms with Crippen molar-refractivity contribution in [2.75, 3.05) is 6.61 Å². The number of thioether (sulfide) groups is 1. The molecule has 0 saturated heterocycles. The SMILES string of the molecule is O=C(NC1CCC(Sc2ncccn2)CC1)C(CO)c1ccccc1. The van der Waals surface area contributed by atoms with E-state index < -0.39 is 5.92 Å². The number of aromatic nitrogens is 2. The van der Waals surface area contributed by atoms with Crippen molar-refractivity contribution in [3.05, 3.63) is 54.4 Å². The van der Waals surface area contributed by atoms with E-state index in [1.165, 1.54) is 0 Å². The Balaban J connectivity index is 1.49. The van der Waals surface area contributed by atoms with Gasteiger partial charge in [0.25, 0.3) is 0 Å². The number of hydrogen-bond donors (Lipinski definition) is 2. The molecule has 5 nitrogen and oxygen atoms in total. The molecule has 1 saturated carbocycles. The summed E-state index contributed by atoms with van der Waals surface area (Å²) in [5.41, 5.74) is 0.855. The lowest BCUT2D eigenvalue weighted by Gasteiger charge is -2.29. The number of amides is 1. The van der Waals surface area contributed by atoms with Gasteiger partial charge in [-0.2, -0.15) is 0 Å². The van der Waals surface area contributed by atoms with E-state index in [4.69, 9.17) is 0 Å². The van der Waals surface area contributed by atoms with E-state index in [-0.39, 0.29) is 18.6 Å². The number of aliphatic hydroxyl groups is 1. The minimum atomic E-state index is -0.494. The summed E-state index contributed by atoms with van der Waals surface area (Å²) in [6.45, 7) is -0.174. The van der Waals surface area contributed by atoms with E-state index in [2.05, 4.69) is 15.3 Å². The average molecular weight is 357 g/mol. The van der Waals surface area contributed by atoms with Crippen LogP contribution in [0.1, 0.15) is 37.2 Å². The molecule has 1 aliphatic rings. The molecule has 0 spiro atoms. The molecule has 2 aromatic rings. The molecule has 3 rings (SSSR count). The number of carbonyl (C=O) groups is 1. The van der Waals surface area contributed by atoms with Gasteiger partial charge in [-0.1, -0.05) is 42.1 Å². The van der Waals surface area contributed by atoms with Gasteiger partial charge < -0.3 is 10.4 Å². The Morgan fingerprint density at radius 2 is 1.80 bits per heavy atom. The Morgan fingerprint density at radius 3 is 2.44 bits per heavy atom. The molecular formula is C19H23N3O2S. The summed E-state index contributed by atoms with van der Waals surface area (Å²) < 4.78 is 0. The van der Waals surface area contributed by atoms with Gasteiger partial charge in [0.2, 0.25) is 5.91 Å². The smallest absolute Gasteiger partial charge is 0.230 e. The molecule has 2 N–H and O–H groups in total. The Bertz CT molecular complexity index is 661. The van der Waals surface area contributed by atoms with Crippen LogP contribution in [0, 0.1) is 0 Å². The van der Waals surface area contributed by atoms with Crippen molar-refractivity contribution in [2.24, 2.45) is 0 Å². The molecule has 132 valence electrons. The molecule has 0 radical (unpaired) electrons. The highest BCUT2D eigenvalue weighted by Crippen LogP contribution is 2.32. The van der Waals surface area contributed by atoms with Crippen LogP contribution in [0.4, 0.5) is 0 Å². The number of nitrogens with zero attached hydrogens (tertiary/aromatic N) is 2. The molecule has 1 heterocycles. The van der Waals surface area contributed by atoms with E-state index in [1.807, 2.05) is 36.4 Å². The van der Waals surface area contributed by atoms with Gasteiger partial charge in [-0.15, -0.1) is 0 Å². The summed E-state index contributed by atoms with van der Waals surface area (Å²) >= 11 is 1.72. The third kappa shape index (κ3) is 5.03. The molecule has 1 fully saturated rings. The standard InChI is InChI=1S/C19H23N3O2S/c23-13-17(14-5-2-1-3-6-14)18(24)22-15-7-9-16(10-8-15)25-19-20-11-4-12-21-19/h1-6,11-12,15-17,23H,7-10,13H2,(H,22,24). The highest BCUT2D eigenvalue weighted by atomic mass is 32.2. The van der Waals surface area contributed by atoms with Gasteiger partial charge >= 0.3 is 0 Å². The van der Waals surface area contributed by atoms with Gasteiger partial charge in [0.1, 0.15) is 0 Å². The lowest BCUT2D eigenvalue weighted by Crippen LogP contribution is -2.41. The highest BCUT2D eigenvalue weighted by molar-refractivity contribution is 7.99. The first kappa shape index (κ1) is 17.9. The van der Waals surface area contributed by atoms with Gasteiger partial charge in [0.05, 0.1) is 12.5 Å². The highest BCUT2D eigenvalue weighted by Gasteiger charge is 2.26. The minimum Gasteiger partial charge on any atom is -0.395 e. The van der Waals surface area contributed by atoms with E-state index in [9.17, 15) is 9.90 Å². The van der Waals surface area contributed by atoms with Crippen molar-refractivity contribution in [1.82, 2.24) is 15.3 Å². The first-order valence-corrected chi connectivity index (χ1v) is 9.54. The van der Waals surface area contributed by atoms with Crippen LogP contribution in [0.3, 0.4) is 0 Å². The van der Waals surface area contributed by atoms with Crippen molar-refractivity contribution in [3.8, 4) is 0 Å². The molecule has 1 amide bonds. The van der Waals surface area contributed by atoms with Crippen LogP contribution in [-0.4, -0.2) is 38.9 Å². The number of hydrogen-bond acceptors (Lipinski definition) is 5. The van der Waals surface area contributed by atoms with Gasteiger partial charge in [-0.05, 0) is 37.3 Å². The molecule has 6 heteroatoms. The molecule has 1 unspecified atom stereocenters. The fraction of sp³-hybridized carbons (Fsp3) is 0.421. The quantitative estimate of drug-likeness (QED) is 0.778. The normalized spacial score (nSPS) is 21.5. The predicted octanol–water partition coefficient (Wildman–Crippen LogP) is 2.77. The Labute approximate surface area is 152 Å². The molecule has 0 bridgehead atoms. The van der Waals surface area contributed by atoms with E-state index in [1.54, 1.807) is 24.2 Å². The van der Waals surface area contributed by atoms with Gasteiger partial charge in [-0.25, -0.2) is 9.97 Å². The zero-order valence-corrected chi connectivity index (χ0v) is 14.9. The number of aliphatic hydroxyl groups excluding tert-OH is 1. The first-order valence-electron chi connectivity index (χ1n) is 8.66. The van der Waals surface area contributed by atoms with Crippen LogP contribution < -0.4 is 5.32 Å². The summed E-state index contributed by atoms with van der Waals surface area (Å²) in [4.78, 5) is 21.0. The summed E-state index contributed by atoms with van der Waals surface area (Å²) in [6, 6.07) is 11.4. The van der Waals surface area contributed by atoms with Crippen molar-refractivity contribution in [3.63, 3.8) is 0 Å². The van der Waals surface area contributed by atoms with Gasteiger partial charge in [0, 0.05) is 23.7 Å². The molecule has 25 heavy (non-hydrogen) atoms. The maximum atomic E-state index is 12.5. The second-order valence-corrected chi connectivity index (χ2v) is 7.54. The fourth-order valence-corrected chi connectivity index (χ4v) is 4.20. The van der Waals surface area contributed by atoms with Crippen LogP contribution in [0.5, 0.6) is 0 Å². The van der Waals surface area contributed by atoms with E-state index in [0.29, 0.717) is 5.25 Å². The number of nitrogens with one attached hydrogen (secondary N) is 1. The lowest BCUT2D eigenvalue weighted by molar-refractivity contribution is -0.124. The fourth-order valence-electron chi connectivity index (χ4n) is 3.15. The number of rotatable bonds is 6. The Morgan fingerprint density at radius 1 is 1.12 bits per heavy atom. The molecule has 1 aromatic heterocycles. The van der Waals surface area contributed by atoms with Crippen LogP contribution >= 0.6 is 11.8 Å². The zero-order chi connectivity index (χ0) is 17.5. The van der Waals surface area contributed by atoms with Crippen LogP contribution in [-0.2, 0) is 4.79 Å².